The molecule has 0 spiro atoms. The van der Waals surface area contributed by atoms with Crippen molar-refractivity contribution in [1.29, 1.82) is 0 Å². The van der Waals surface area contributed by atoms with Crippen molar-refractivity contribution >= 4 is 18.2 Å². The van der Waals surface area contributed by atoms with Gasteiger partial charge in [0.05, 0.1) is 6.61 Å². The number of halogens is 1. The van der Waals surface area contributed by atoms with Gasteiger partial charge in [-0.3, -0.25) is 0 Å². The second-order valence-electron chi connectivity index (χ2n) is 2.46. The van der Waals surface area contributed by atoms with Crippen LogP contribution in [0, 0.1) is 6.92 Å². The topological polar surface area (TPSA) is 61.0 Å². The van der Waals surface area contributed by atoms with E-state index in [0.717, 1.165) is 5.56 Å². The van der Waals surface area contributed by atoms with E-state index in [-0.39, 0.29) is 12.4 Å². The van der Waals surface area contributed by atoms with Gasteiger partial charge in [-0.15, -0.1) is 12.4 Å². The van der Waals surface area contributed by atoms with E-state index in [1.165, 1.54) is 0 Å². The second kappa shape index (κ2) is 5.72. The van der Waals surface area contributed by atoms with Gasteiger partial charge in [-0.25, -0.2) is 9.97 Å². The van der Waals surface area contributed by atoms with Gasteiger partial charge in [0.1, 0.15) is 11.6 Å². The van der Waals surface area contributed by atoms with Gasteiger partial charge >= 0.3 is 0 Å². The molecule has 2 N–H and O–H groups in total. The smallest absolute Gasteiger partial charge is 0.132 e. The second-order valence-corrected chi connectivity index (χ2v) is 2.46. The quantitative estimate of drug-likeness (QED) is 0.805. The Morgan fingerprint density at radius 1 is 1.54 bits per heavy atom. The maximum absolute atomic E-state index is 5.63. The molecule has 1 heterocycles. The Balaban J connectivity index is 0.00000144. The fourth-order valence-electron chi connectivity index (χ4n) is 0.836. The van der Waals surface area contributed by atoms with Crippen molar-refractivity contribution in [2.24, 2.45) is 0 Å². The normalized spacial score (nSPS) is 9.38. The van der Waals surface area contributed by atoms with Crippen molar-refractivity contribution < 1.29 is 4.74 Å². The summed E-state index contributed by atoms with van der Waals surface area (Å²) in [5.41, 5.74) is 6.48. The Labute approximate surface area is 83.9 Å². The minimum atomic E-state index is 0. The molecule has 5 heteroatoms. The van der Waals surface area contributed by atoms with E-state index in [1.807, 2.05) is 6.92 Å². The molecule has 0 amide bonds. The lowest BCUT2D eigenvalue weighted by atomic mass is 10.3. The van der Waals surface area contributed by atoms with Gasteiger partial charge < -0.3 is 10.5 Å². The number of anilines is 1. The zero-order valence-corrected chi connectivity index (χ0v) is 8.60. The first-order chi connectivity index (χ1) is 5.74. The van der Waals surface area contributed by atoms with Gasteiger partial charge in [-0.05, 0) is 13.8 Å². The number of aryl methyl sites for hydroxylation is 1. The zero-order valence-electron chi connectivity index (χ0n) is 7.78. The Morgan fingerprint density at radius 2 is 2.23 bits per heavy atom. The molecular formula is C8H14ClN3O. The van der Waals surface area contributed by atoms with Gasteiger partial charge in [0.25, 0.3) is 0 Å². The van der Waals surface area contributed by atoms with Gasteiger partial charge in [-0.1, -0.05) is 0 Å². The van der Waals surface area contributed by atoms with Crippen LogP contribution in [-0.2, 0) is 11.3 Å². The maximum atomic E-state index is 5.63. The van der Waals surface area contributed by atoms with Crippen molar-refractivity contribution in [2.75, 3.05) is 12.3 Å². The van der Waals surface area contributed by atoms with Crippen LogP contribution < -0.4 is 5.73 Å². The third kappa shape index (κ3) is 3.57. The molecule has 1 aromatic heterocycles. The number of hydrogen-bond acceptors (Lipinski definition) is 4. The van der Waals surface area contributed by atoms with Crippen LogP contribution in [0.25, 0.3) is 0 Å². The van der Waals surface area contributed by atoms with E-state index in [2.05, 4.69) is 9.97 Å². The Hall–Kier alpha value is -0.870. The van der Waals surface area contributed by atoms with Crippen molar-refractivity contribution in [1.82, 2.24) is 9.97 Å². The highest BCUT2D eigenvalue weighted by molar-refractivity contribution is 5.85. The lowest BCUT2D eigenvalue weighted by Crippen LogP contribution is -2.03. The van der Waals surface area contributed by atoms with Crippen molar-refractivity contribution in [3.05, 3.63) is 17.6 Å². The number of rotatable bonds is 3. The molecule has 0 aliphatic heterocycles. The summed E-state index contributed by atoms with van der Waals surface area (Å²) in [7, 11) is 0. The number of nitrogens with two attached hydrogens (primary N) is 1. The summed E-state index contributed by atoms with van der Waals surface area (Å²) in [6.45, 7) is 4.90. The summed E-state index contributed by atoms with van der Waals surface area (Å²) in [6.07, 6.45) is 1.70. The summed E-state index contributed by atoms with van der Waals surface area (Å²) in [6, 6.07) is 0. The minimum Gasteiger partial charge on any atom is -0.383 e. The Bertz CT molecular complexity index is 268. The average molecular weight is 204 g/mol. The Kier molecular flexibility index (Phi) is 5.34. The van der Waals surface area contributed by atoms with E-state index < -0.39 is 0 Å². The fourth-order valence-corrected chi connectivity index (χ4v) is 0.836. The lowest BCUT2D eigenvalue weighted by Gasteiger charge is -2.03. The predicted molar refractivity (Wildman–Crippen MR) is 53.8 cm³/mol. The van der Waals surface area contributed by atoms with Crippen LogP contribution in [0.3, 0.4) is 0 Å². The molecular weight excluding hydrogens is 190 g/mol. The molecule has 0 fully saturated rings. The average Bonchev–Trinajstić information content (AvgIpc) is 2.03. The molecule has 0 atom stereocenters. The SMILES string of the molecule is CCOCc1cnc(C)nc1N.Cl. The lowest BCUT2D eigenvalue weighted by molar-refractivity contribution is 0.134. The third-order valence-corrected chi connectivity index (χ3v) is 1.48. The molecule has 0 aliphatic carbocycles. The molecule has 0 bridgehead atoms. The van der Waals surface area contributed by atoms with Crippen molar-refractivity contribution in [3.8, 4) is 0 Å². The van der Waals surface area contributed by atoms with E-state index in [9.17, 15) is 0 Å². The van der Waals surface area contributed by atoms with E-state index >= 15 is 0 Å². The maximum Gasteiger partial charge on any atom is 0.132 e. The molecule has 0 radical (unpaired) electrons. The fraction of sp³-hybridized carbons (Fsp3) is 0.500. The number of aromatic nitrogens is 2. The molecule has 0 saturated heterocycles. The predicted octanol–water partition coefficient (Wildman–Crippen LogP) is 1.33. The number of nitrogen functional groups attached to an aromatic ring is 1. The standard InChI is InChI=1S/C8H13N3O.ClH/c1-3-12-5-7-4-10-6(2)11-8(7)9;/h4H,3,5H2,1-2H3,(H2,9,10,11);1H. The molecule has 0 aromatic carbocycles. The van der Waals surface area contributed by atoms with Crippen LogP contribution in [0.5, 0.6) is 0 Å². The van der Waals surface area contributed by atoms with Gasteiger partial charge in [0.15, 0.2) is 0 Å². The van der Waals surface area contributed by atoms with E-state index in [4.69, 9.17) is 10.5 Å². The Morgan fingerprint density at radius 3 is 2.77 bits per heavy atom. The van der Waals surface area contributed by atoms with Crippen LogP contribution in [-0.4, -0.2) is 16.6 Å². The van der Waals surface area contributed by atoms with E-state index in [0.29, 0.717) is 24.9 Å². The van der Waals surface area contributed by atoms with Crippen LogP contribution >= 0.6 is 12.4 Å². The molecule has 0 saturated carbocycles. The first-order valence-corrected chi connectivity index (χ1v) is 3.89. The molecule has 0 aliphatic rings. The molecule has 4 nitrogen and oxygen atoms in total. The summed E-state index contributed by atoms with van der Waals surface area (Å²) < 4.78 is 5.18. The zero-order chi connectivity index (χ0) is 8.97. The van der Waals surface area contributed by atoms with E-state index in [1.54, 1.807) is 13.1 Å². The number of ether oxygens (including phenoxy) is 1. The van der Waals surface area contributed by atoms with Crippen LogP contribution in [0.2, 0.25) is 0 Å². The summed E-state index contributed by atoms with van der Waals surface area (Å²) in [4.78, 5) is 8.03. The largest absolute Gasteiger partial charge is 0.383 e. The first-order valence-electron chi connectivity index (χ1n) is 3.89. The van der Waals surface area contributed by atoms with Crippen molar-refractivity contribution in [3.63, 3.8) is 0 Å². The van der Waals surface area contributed by atoms with Gasteiger partial charge in [-0.2, -0.15) is 0 Å². The molecule has 1 rings (SSSR count). The highest BCUT2D eigenvalue weighted by Gasteiger charge is 2.00. The summed E-state index contributed by atoms with van der Waals surface area (Å²) in [5, 5.41) is 0. The minimum absolute atomic E-state index is 0. The first kappa shape index (κ1) is 12.1. The van der Waals surface area contributed by atoms with Crippen molar-refractivity contribution in [2.45, 2.75) is 20.5 Å². The highest BCUT2D eigenvalue weighted by atomic mass is 35.5. The summed E-state index contributed by atoms with van der Waals surface area (Å²) >= 11 is 0. The molecule has 0 unspecified atom stereocenters. The highest BCUT2D eigenvalue weighted by Crippen LogP contribution is 2.07. The summed E-state index contributed by atoms with van der Waals surface area (Å²) in [5.74, 6) is 1.20. The van der Waals surface area contributed by atoms with Gasteiger partial charge in [0, 0.05) is 18.4 Å². The van der Waals surface area contributed by atoms with Crippen LogP contribution in [0.1, 0.15) is 18.3 Å². The molecule has 1 aromatic rings. The number of hydrogen-bond donors (Lipinski definition) is 1. The number of nitrogens with zero attached hydrogens (tertiary/aromatic N) is 2. The monoisotopic (exact) mass is 203 g/mol. The molecule has 74 valence electrons. The third-order valence-electron chi connectivity index (χ3n) is 1.48. The van der Waals surface area contributed by atoms with Gasteiger partial charge in [0.2, 0.25) is 0 Å². The molecule has 13 heavy (non-hydrogen) atoms. The van der Waals surface area contributed by atoms with Crippen LogP contribution in [0.4, 0.5) is 5.82 Å². The van der Waals surface area contributed by atoms with Crippen LogP contribution in [0.15, 0.2) is 6.20 Å².